The zero-order chi connectivity index (χ0) is 15.4. The molecule has 0 spiro atoms. The van der Waals surface area contributed by atoms with Crippen molar-refractivity contribution in [2.24, 2.45) is 0 Å². The molecule has 0 N–H and O–H groups in total. The second kappa shape index (κ2) is 4.47. The van der Waals surface area contributed by atoms with Crippen molar-refractivity contribution in [2.45, 2.75) is 52.4 Å². The molecule has 0 heterocycles. The number of hydrogen-bond donors (Lipinski definition) is 0. The molecule has 0 nitrogen and oxygen atoms in total. The van der Waals surface area contributed by atoms with Gasteiger partial charge >= 0.3 is 0 Å². The van der Waals surface area contributed by atoms with Crippen LogP contribution in [0.2, 0.25) is 0 Å². The van der Waals surface area contributed by atoms with E-state index < -0.39 is 0 Å². The van der Waals surface area contributed by atoms with E-state index in [-0.39, 0.29) is 10.8 Å². The zero-order valence-corrected chi connectivity index (χ0v) is 14.0. The lowest BCUT2D eigenvalue weighted by molar-refractivity contribution is 0.590. The van der Waals surface area contributed by atoms with E-state index in [1.165, 1.54) is 33.4 Å². The zero-order valence-electron chi connectivity index (χ0n) is 14.0. The van der Waals surface area contributed by atoms with Crippen LogP contribution in [0.1, 0.15) is 63.8 Å². The minimum Gasteiger partial charge on any atom is -0.0579 e. The normalized spacial score (nSPS) is 14.0. The minimum absolute atomic E-state index is 0.183. The Morgan fingerprint density at radius 2 is 1.00 bits per heavy atom. The summed E-state index contributed by atoms with van der Waals surface area (Å²) >= 11 is 0. The predicted octanol–water partition coefficient (Wildman–Crippen LogP) is 5.74. The van der Waals surface area contributed by atoms with Crippen molar-refractivity contribution >= 4 is 0 Å². The molecule has 0 amide bonds. The van der Waals surface area contributed by atoms with Crippen LogP contribution in [0.4, 0.5) is 0 Å². The number of rotatable bonds is 0. The van der Waals surface area contributed by atoms with E-state index in [0.717, 1.165) is 0 Å². The van der Waals surface area contributed by atoms with Crippen molar-refractivity contribution in [3.8, 4) is 11.1 Å². The molecule has 2 aromatic rings. The van der Waals surface area contributed by atoms with Crippen LogP contribution in [0.15, 0.2) is 36.4 Å². The summed E-state index contributed by atoms with van der Waals surface area (Å²) in [4.78, 5) is 0. The molecule has 0 bridgehead atoms. The average Bonchev–Trinajstić information content (AvgIpc) is 2.73. The molecule has 0 atom stereocenters. The number of hydrogen-bond acceptors (Lipinski definition) is 0. The standard InChI is InChI=1S/C21H24/c1-20(2,3)16-7-9-18-14(12-16)11-15-13-17(21(4,5)6)8-10-19(15)18/h7-10,12-13H,1-6H3. The lowest BCUT2D eigenvalue weighted by Crippen LogP contribution is -2.11. The van der Waals surface area contributed by atoms with Crippen LogP contribution in [0, 0.1) is 6.42 Å². The highest BCUT2D eigenvalue weighted by molar-refractivity contribution is 5.81. The van der Waals surface area contributed by atoms with E-state index >= 15 is 0 Å². The second-order valence-electron chi connectivity index (χ2n) is 8.15. The molecule has 0 unspecified atom stereocenters. The van der Waals surface area contributed by atoms with Crippen LogP contribution in [0.3, 0.4) is 0 Å². The Bertz CT molecular complexity index is 629. The van der Waals surface area contributed by atoms with E-state index in [4.69, 9.17) is 0 Å². The SMILES string of the molecule is CC(C)(C)c1ccc2c(c1)[C]c1cc(C(C)(C)C)ccc1-2. The summed E-state index contributed by atoms with van der Waals surface area (Å²) in [5, 5.41) is 0. The molecule has 0 heteroatoms. The summed E-state index contributed by atoms with van der Waals surface area (Å²) in [7, 11) is 0. The van der Waals surface area contributed by atoms with Crippen LogP contribution in [-0.4, -0.2) is 0 Å². The van der Waals surface area contributed by atoms with Gasteiger partial charge in [-0.3, -0.25) is 0 Å². The monoisotopic (exact) mass is 276 g/mol. The first-order valence-electron chi connectivity index (χ1n) is 7.73. The molecule has 0 aliphatic heterocycles. The molecule has 0 saturated heterocycles. The predicted molar refractivity (Wildman–Crippen MR) is 90.7 cm³/mol. The van der Waals surface area contributed by atoms with Gasteiger partial charge in [-0.1, -0.05) is 77.9 Å². The second-order valence-corrected chi connectivity index (χ2v) is 8.15. The van der Waals surface area contributed by atoms with Crippen molar-refractivity contribution in [1.29, 1.82) is 0 Å². The van der Waals surface area contributed by atoms with Crippen LogP contribution in [-0.2, 0) is 10.8 Å². The van der Waals surface area contributed by atoms with Crippen LogP contribution < -0.4 is 0 Å². The van der Waals surface area contributed by atoms with Gasteiger partial charge in [-0.15, -0.1) is 0 Å². The third-order valence-electron chi connectivity index (χ3n) is 4.33. The number of fused-ring (bicyclic) bond motifs is 3. The summed E-state index contributed by atoms with van der Waals surface area (Å²) in [6, 6.07) is 13.6. The molecule has 0 fully saturated rings. The van der Waals surface area contributed by atoms with Crippen molar-refractivity contribution in [3.05, 3.63) is 65.1 Å². The highest BCUT2D eigenvalue weighted by Gasteiger charge is 2.24. The van der Waals surface area contributed by atoms with Gasteiger partial charge in [0.15, 0.2) is 0 Å². The summed E-state index contributed by atoms with van der Waals surface area (Å²) in [6.45, 7) is 13.6. The van der Waals surface area contributed by atoms with Crippen LogP contribution in [0.25, 0.3) is 11.1 Å². The Kier molecular flexibility index (Phi) is 3.06. The van der Waals surface area contributed by atoms with Gasteiger partial charge in [0.25, 0.3) is 0 Å². The van der Waals surface area contributed by atoms with E-state index in [2.05, 4.69) is 84.4 Å². The number of benzene rings is 2. The van der Waals surface area contributed by atoms with Crippen LogP contribution >= 0.6 is 0 Å². The van der Waals surface area contributed by atoms with Crippen molar-refractivity contribution in [2.75, 3.05) is 0 Å². The molecule has 0 aromatic heterocycles. The summed E-state index contributed by atoms with van der Waals surface area (Å²) in [6.07, 6.45) is 3.60. The molecule has 108 valence electrons. The Morgan fingerprint density at radius 1 is 0.619 bits per heavy atom. The minimum atomic E-state index is 0.183. The molecular formula is C21H24. The Morgan fingerprint density at radius 3 is 1.33 bits per heavy atom. The first-order valence-corrected chi connectivity index (χ1v) is 7.73. The third kappa shape index (κ3) is 2.52. The first-order chi connectivity index (χ1) is 9.66. The molecule has 1 aliphatic carbocycles. The highest BCUT2D eigenvalue weighted by Crippen LogP contribution is 2.41. The van der Waals surface area contributed by atoms with Gasteiger partial charge in [-0.05, 0) is 44.2 Å². The van der Waals surface area contributed by atoms with E-state index in [1.54, 1.807) is 0 Å². The van der Waals surface area contributed by atoms with Gasteiger partial charge in [-0.2, -0.15) is 0 Å². The topological polar surface area (TPSA) is 0 Å². The molecule has 21 heavy (non-hydrogen) atoms. The molecule has 0 saturated carbocycles. The van der Waals surface area contributed by atoms with Gasteiger partial charge < -0.3 is 0 Å². The van der Waals surface area contributed by atoms with Gasteiger partial charge in [0.05, 0.1) is 6.42 Å². The quantitative estimate of drug-likeness (QED) is 0.491. The van der Waals surface area contributed by atoms with Crippen molar-refractivity contribution < 1.29 is 0 Å². The maximum Gasteiger partial charge on any atom is 0.0515 e. The summed E-state index contributed by atoms with van der Waals surface area (Å²) in [5.41, 5.74) is 8.23. The molecule has 2 aromatic carbocycles. The summed E-state index contributed by atoms with van der Waals surface area (Å²) in [5.74, 6) is 0. The van der Waals surface area contributed by atoms with Gasteiger partial charge in [0.2, 0.25) is 0 Å². The fraction of sp³-hybridized carbons (Fsp3) is 0.381. The maximum atomic E-state index is 3.60. The van der Waals surface area contributed by atoms with E-state index in [1.807, 2.05) is 0 Å². The summed E-state index contributed by atoms with van der Waals surface area (Å²) < 4.78 is 0. The van der Waals surface area contributed by atoms with E-state index in [9.17, 15) is 0 Å². The Hall–Kier alpha value is -1.56. The smallest absolute Gasteiger partial charge is 0.0515 e. The lowest BCUT2D eigenvalue weighted by Gasteiger charge is -2.20. The first kappa shape index (κ1) is 14.4. The fourth-order valence-corrected chi connectivity index (χ4v) is 2.84. The lowest BCUT2D eigenvalue weighted by atomic mass is 9.85. The van der Waals surface area contributed by atoms with Crippen molar-refractivity contribution in [1.82, 2.24) is 0 Å². The highest BCUT2D eigenvalue weighted by atomic mass is 14.3. The third-order valence-corrected chi connectivity index (χ3v) is 4.33. The fourth-order valence-electron chi connectivity index (χ4n) is 2.84. The molecule has 1 aliphatic rings. The largest absolute Gasteiger partial charge is 0.0579 e. The molecule has 3 rings (SSSR count). The Balaban J connectivity index is 2.06. The van der Waals surface area contributed by atoms with Gasteiger partial charge in [0.1, 0.15) is 0 Å². The van der Waals surface area contributed by atoms with Crippen molar-refractivity contribution in [3.63, 3.8) is 0 Å². The van der Waals surface area contributed by atoms with Gasteiger partial charge in [-0.25, -0.2) is 0 Å². The van der Waals surface area contributed by atoms with Gasteiger partial charge in [0, 0.05) is 0 Å². The Labute approximate surface area is 129 Å². The molecule has 2 radical (unpaired) electrons. The molecular weight excluding hydrogens is 252 g/mol. The van der Waals surface area contributed by atoms with Crippen LogP contribution in [0.5, 0.6) is 0 Å². The maximum absolute atomic E-state index is 3.60. The average molecular weight is 276 g/mol. The van der Waals surface area contributed by atoms with E-state index in [0.29, 0.717) is 0 Å².